The molecule has 0 saturated heterocycles. The van der Waals surface area contributed by atoms with Gasteiger partial charge in [0.1, 0.15) is 0 Å². The number of aryl methyl sites for hydroxylation is 1. The molecule has 0 aliphatic carbocycles. The molecule has 104 valence electrons. The summed E-state index contributed by atoms with van der Waals surface area (Å²) >= 11 is 9.58. The fraction of sp³-hybridized carbons (Fsp3) is 0.0588. The highest BCUT2D eigenvalue weighted by atomic mass is 79.9. The van der Waals surface area contributed by atoms with E-state index in [1.165, 1.54) is 10.9 Å². The first-order valence-corrected chi connectivity index (χ1v) is 7.85. The number of rotatable bonds is 1. The fourth-order valence-corrected chi connectivity index (χ4v) is 3.36. The Bertz CT molecular complexity index is 981. The number of halogens is 2. The monoisotopic (exact) mass is 358 g/mol. The first-order chi connectivity index (χ1) is 10.1. The summed E-state index contributed by atoms with van der Waals surface area (Å²) in [5.41, 5.74) is 5.67. The molecule has 4 aromatic rings. The molecule has 0 saturated carbocycles. The third-order valence-electron chi connectivity index (χ3n) is 3.87. The number of H-pyrrole nitrogens is 2. The fourth-order valence-electron chi connectivity index (χ4n) is 2.82. The second-order valence-electron chi connectivity index (χ2n) is 5.23. The van der Waals surface area contributed by atoms with Gasteiger partial charge in [-0.05, 0) is 48.9 Å². The lowest BCUT2D eigenvalue weighted by atomic mass is 10.1. The van der Waals surface area contributed by atoms with Crippen LogP contribution >= 0.6 is 27.5 Å². The number of hydrogen-bond acceptors (Lipinski definition) is 0. The molecule has 21 heavy (non-hydrogen) atoms. The summed E-state index contributed by atoms with van der Waals surface area (Å²) in [6.07, 6.45) is 0. The number of fused-ring (bicyclic) bond motifs is 2. The van der Waals surface area contributed by atoms with E-state index in [1.807, 2.05) is 18.2 Å². The Kier molecular flexibility index (Phi) is 2.88. The molecular weight excluding hydrogens is 348 g/mol. The van der Waals surface area contributed by atoms with Gasteiger partial charge in [0.05, 0.1) is 11.4 Å². The summed E-state index contributed by atoms with van der Waals surface area (Å²) in [4.78, 5) is 6.96. The van der Waals surface area contributed by atoms with Crippen molar-refractivity contribution in [2.75, 3.05) is 0 Å². The summed E-state index contributed by atoms with van der Waals surface area (Å²) in [5, 5.41) is 3.12. The van der Waals surface area contributed by atoms with Crippen LogP contribution in [0.25, 0.3) is 33.2 Å². The molecule has 0 aliphatic heterocycles. The van der Waals surface area contributed by atoms with Crippen molar-refractivity contribution in [2.24, 2.45) is 0 Å². The molecule has 0 unspecified atom stereocenters. The van der Waals surface area contributed by atoms with E-state index in [4.69, 9.17) is 11.6 Å². The van der Waals surface area contributed by atoms with Crippen molar-refractivity contribution in [3.63, 3.8) is 0 Å². The second-order valence-corrected chi connectivity index (χ2v) is 6.58. The minimum absolute atomic E-state index is 0.755. The number of aromatic amines is 2. The third kappa shape index (κ3) is 2.08. The Morgan fingerprint density at radius 3 is 2.67 bits per heavy atom. The maximum absolute atomic E-state index is 6.06. The van der Waals surface area contributed by atoms with Crippen molar-refractivity contribution in [3.05, 3.63) is 57.5 Å². The van der Waals surface area contributed by atoms with Crippen LogP contribution in [-0.4, -0.2) is 9.97 Å². The van der Waals surface area contributed by atoms with Crippen molar-refractivity contribution in [3.8, 4) is 11.4 Å². The van der Waals surface area contributed by atoms with Gasteiger partial charge in [-0.2, -0.15) is 0 Å². The van der Waals surface area contributed by atoms with Gasteiger partial charge < -0.3 is 9.97 Å². The number of nitrogens with one attached hydrogen (secondary N) is 2. The third-order valence-corrected chi connectivity index (χ3v) is 4.60. The lowest BCUT2D eigenvalue weighted by Crippen LogP contribution is -1.79. The van der Waals surface area contributed by atoms with Gasteiger partial charge in [-0.15, -0.1) is 0 Å². The van der Waals surface area contributed by atoms with Crippen molar-refractivity contribution >= 4 is 49.3 Å². The highest BCUT2D eigenvalue weighted by molar-refractivity contribution is 9.10. The van der Waals surface area contributed by atoms with Gasteiger partial charge in [-0.3, -0.25) is 0 Å². The standard InChI is InChI=1S/C17H12BrClN2/c1-9-13-4-2-11(18)8-15(13)21-17(9)16-7-10-6-12(19)3-5-14(10)20-16/h2-8,20-21H,1H3. The second kappa shape index (κ2) is 4.65. The number of benzene rings is 2. The molecule has 2 nitrogen and oxygen atoms in total. The molecule has 2 heterocycles. The molecule has 0 fully saturated rings. The van der Waals surface area contributed by atoms with Crippen molar-refractivity contribution in [1.29, 1.82) is 0 Å². The molecule has 4 heteroatoms. The quantitative estimate of drug-likeness (QED) is 0.415. The largest absolute Gasteiger partial charge is 0.353 e. The molecule has 4 rings (SSSR count). The van der Waals surface area contributed by atoms with Crippen LogP contribution in [-0.2, 0) is 0 Å². The zero-order valence-electron chi connectivity index (χ0n) is 11.3. The maximum atomic E-state index is 6.06. The van der Waals surface area contributed by atoms with Crippen LogP contribution in [0.15, 0.2) is 46.9 Å². The molecular formula is C17H12BrClN2. The normalized spacial score (nSPS) is 11.6. The SMILES string of the molecule is Cc1c(-c2cc3cc(Cl)ccc3[nH]2)[nH]c2cc(Br)ccc12. The van der Waals surface area contributed by atoms with Gasteiger partial charge in [-0.25, -0.2) is 0 Å². The molecule has 2 N–H and O–H groups in total. The summed E-state index contributed by atoms with van der Waals surface area (Å²) in [6, 6.07) is 14.3. The summed E-state index contributed by atoms with van der Waals surface area (Å²) in [5.74, 6) is 0. The van der Waals surface area contributed by atoms with E-state index < -0.39 is 0 Å². The highest BCUT2D eigenvalue weighted by Crippen LogP contribution is 2.32. The van der Waals surface area contributed by atoms with Crippen LogP contribution in [0.2, 0.25) is 5.02 Å². The van der Waals surface area contributed by atoms with E-state index in [2.05, 4.69) is 57.1 Å². The lowest BCUT2D eigenvalue weighted by molar-refractivity contribution is 1.35. The number of hydrogen-bond donors (Lipinski definition) is 2. The van der Waals surface area contributed by atoms with Gasteiger partial charge in [0.2, 0.25) is 0 Å². The van der Waals surface area contributed by atoms with Gasteiger partial charge in [0.15, 0.2) is 0 Å². The van der Waals surface area contributed by atoms with Gasteiger partial charge in [-0.1, -0.05) is 33.6 Å². The topological polar surface area (TPSA) is 31.6 Å². The van der Waals surface area contributed by atoms with Gasteiger partial charge in [0.25, 0.3) is 0 Å². The van der Waals surface area contributed by atoms with Crippen molar-refractivity contribution < 1.29 is 0 Å². The van der Waals surface area contributed by atoms with E-state index in [-0.39, 0.29) is 0 Å². The zero-order valence-corrected chi connectivity index (χ0v) is 13.6. The Hall–Kier alpha value is -1.71. The Morgan fingerprint density at radius 2 is 1.81 bits per heavy atom. The van der Waals surface area contributed by atoms with Gasteiger partial charge in [0, 0.05) is 31.3 Å². The van der Waals surface area contributed by atoms with Crippen LogP contribution in [0.1, 0.15) is 5.56 Å². The summed E-state index contributed by atoms with van der Waals surface area (Å²) < 4.78 is 1.08. The Balaban J connectivity index is 1.97. The minimum Gasteiger partial charge on any atom is -0.353 e. The first-order valence-electron chi connectivity index (χ1n) is 6.68. The molecule has 0 amide bonds. The van der Waals surface area contributed by atoms with Gasteiger partial charge >= 0.3 is 0 Å². The average Bonchev–Trinajstić information content (AvgIpc) is 2.99. The predicted octanol–water partition coefficient (Wildman–Crippen LogP) is 6.04. The summed E-state index contributed by atoms with van der Waals surface area (Å²) in [7, 11) is 0. The van der Waals surface area contributed by atoms with Crippen LogP contribution in [0.5, 0.6) is 0 Å². The first kappa shape index (κ1) is 13.0. The van der Waals surface area contributed by atoms with Crippen molar-refractivity contribution in [1.82, 2.24) is 9.97 Å². The molecule has 0 atom stereocenters. The lowest BCUT2D eigenvalue weighted by Gasteiger charge is -1.95. The van der Waals surface area contributed by atoms with E-state index >= 15 is 0 Å². The Morgan fingerprint density at radius 1 is 0.952 bits per heavy atom. The highest BCUT2D eigenvalue weighted by Gasteiger charge is 2.12. The smallest absolute Gasteiger partial charge is 0.0660 e. The average molecular weight is 360 g/mol. The Labute approximate surface area is 135 Å². The van der Waals surface area contributed by atoms with Crippen LogP contribution in [0, 0.1) is 6.92 Å². The molecule has 2 aromatic carbocycles. The predicted molar refractivity (Wildman–Crippen MR) is 93.0 cm³/mol. The molecule has 0 spiro atoms. The molecule has 0 bridgehead atoms. The van der Waals surface area contributed by atoms with Crippen LogP contribution in [0.3, 0.4) is 0 Å². The van der Waals surface area contributed by atoms with Crippen LogP contribution in [0.4, 0.5) is 0 Å². The number of aromatic nitrogens is 2. The molecule has 2 aromatic heterocycles. The zero-order chi connectivity index (χ0) is 14.6. The van der Waals surface area contributed by atoms with E-state index in [1.54, 1.807) is 0 Å². The van der Waals surface area contributed by atoms with Crippen LogP contribution < -0.4 is 0 Å². The summed E-state index contributed by atoms with van der Waals surface area (Å²) in [6.45, 7) is 2.14. The maximum Gasteiger partial charge on any atom is 0.0660 e. The van der Waals surface area contributed by atoms with E-state index in [0.717, 1.165) is 37.3 Å². The minimum atomic E-state index is 0.755. The van der Waals surface area contributed by atoms with E-state index in [9.17, 15) is 0 Å². The van der Waals surface area contributed by atoms with E-state index in [0.29, 0.717) is 0 Å². The molecule has 0 radical (unpaired) electrons. The van der Waals surface area contributed by atoms with Crippen molar-refractivity contribution in [2.45, 2.75) is 6.92 Å². The molecule has 0 aliphatic rings.